The fraction of sp³-hybridized carbons (Fsp3) is 0.200. The maximum absolute atomic E-state index is 11.2. The number of anilines is 1. The quantitative estimate of drug-likeness (QED) is 0.785. The molecule has 2 heterocycles. The summed E-state index contributed by atoms with van der Waals surface area (Å²) in [4.78, 5) is 15.1. The van der Waals surface area contributed by atoms with Gasteiger partial charge >= 0.3 is 5.97 Å². The van der Waals surface area contributed by atoms with E-state index in [1.807, 2.05) is 0 Å². The number of nitrogens with one attached hydrogen (secondary N) is 1. The molecule has 2 aromatic rings. The highest BCUT2D eigenvalue weighted by molar-refractivity contribution is 7.92. The molecule has 21 heavy (non-hydrogen) atoms. The van der Waals surface area contributed by atoms with E-state index < -0.39 is 16.0 Å². The van der Waals surface area contributed by atoms with Crippen LogP contribution < -0.4 is 4.72 Å². The summed E-state index contributed by atoms with van der Waals surface area (Å²) in [5.41, 5.74) is 0.147. The first-order valence-electron chi connectivity index (χ1n) is 5.46. The van der Waals surface area contributed by atoms with Crippen LogP contribution >= 0.6 is 11.6 Å². The molecule has 112 valence electrons. The Morgan fingerprint density at radius 1 is 1.43 bits per heavy atom. The highest BCUT2D eigenvalue weighted by atomic mass is 35.5. The Kier molecular flexibility index (Phi) is 3.83. The minimum atomic E-state index is -3.50. The van der Waals surface area contributed by atoms with Gasteiger partial charge in [0, 0.05) is 7.05 Å². The van der Waals surface area contributed by atoms with Gasteiger partial charge in [0.15, 0.2) is 10.8 Å². The van der Waals surface area contributed by atoms with E-state index in [0.29, 0.717) is 0 Å². The van der Waals surface area contributed by atoms with Gasteiger partial charge in [-0.25, -0.2) is 22.9 Å². The van der Waals surface area contributed by atoms with E-state index in [4.69, 9.17) is 16.7 Å². The van der Waals surface area contributed by atoms with Crippen molar-refractivity contribution < 1.29 is 18.3 Å². The molecule has 0 aliphatic rings. The number of carboxylic acids is 1. The summed E-state index contributed by atoms with van der Waals surface area (Å²) in [6.45, 7) is 0. The smallest absolute Gasteiger partial charge is 0.356 e. The largest absolute Gasteiger partial charge is 0.476 e. The van der Waals surface area contributed by atoms with Crippen molar-refractivity contribution in [3.05, 3.63) is 23.0 Å². The molecule has 0 spiro atoms. The Morgan fingerprint density at radius 2 is 2.10 bits per heavy atom. The number of pyridine rings is 1. The summed E-state index contributed by atoms with van der Waals surface area (Å²) < 4.78 is 25.6. The topological polar surface area (TPSA) is 127 Å². The van der Waals surface area contributed by atoms with Crippen LogP contribution in [-0.4, -0.2) is 45.7 Å². The van der Waals surface area contributed by atoms with Crippen LogP contribution in [0.4, 0.5) is 5.69 Å². The molecule has 0 amide bonds. The normalized spacial score (nSPS) is 11.4. The molecule has 0 saturated heterocycles. The number of halogens is 1. The third-order valence-corrected chi connectivity index (χ3v) is 3.29. The number of hydrogen-bond acceptors (Lipinski definition) is 6. The van der Waals surface area contributed by atoms with Crippen molar-refractivity contribution in [2.24, 2.45) is 7.05 Å². The molecule has 0 atom stereocenters. The lowest BCUT2D eigenvalue weighted by molar-refractivity contribution is 0.0686. The first-order chi connectivity index (χ1) is 9.69. The number of carboxylic acid groups (broad SMARTS) is 1. The lowest BCUT2D eigenvalue weighted by Crippen LogP contribution is -2.10. The standard InChI is InChI=1S/C10H10ClN5O4S/c1-16-8(10(17)18)7(13-15-16)5-3-4-6(9(11)12-5)14-21(2,19)20/h3-4,14H,1-2H3,(H,17,18). The second-order valence-corrected chi connectivity index (χ2v) is 6.23. The van der Waals surface area contributed by atoms with Crippen molar-refractivity contribution in [1.82, 2.24) is 20.0 Å². The van der Waals surface area contributed by atoms with Crippen molar-refractivity contribution in [1.29, 1.82) is 0 Å². The van der Waals surface area contributed by atoms with Crippen LogP contribution in [0.5, 0.6) is 0 Å². The Labute approximate surface area is 124 Å². The average Bonchev–Trinajstić information content (AvgIpc) is 2.72. The van der Waals surface area contributed by atoms with Crippen LogP contribution in [0.3, 0.4) is 0 Å². The van der Waals surface area contributed by atoms with Crippen molar-refractivity contribution in [3.8, 4) is 11.4 Å². The number of rotatable bonds is 4. The molecule has 0 aromatic carbocycles. The predicted octanol–water partition coefficient (Wildman–Crippen LogP) is 0.600. The number of nitrogens with zero attached hydrogens (tertiary/aromatic N) is 4. The zero-order chi connectivity index (χ0) is 15.8. The van der Waals surface area contributed by atoms with E-state index in [-0.39, 0.29) is 27.9 Å². The van der Waals surface area contributed by atoms with Crippen LogP contribution in [0.1, 0.15) is 10.5 Å². The van der Waals surface area contributed by atoms with Gasteiger partial charge < -0.3 is 5.11 Å². The van der Waals surface area contributed by atoms with Crippen molar-refractivity contribution >= 4 is 33.3 Å². The molecule has 2 rings (SSSR count). The summed E-state index contributed by atoms with van der Waals surface area (Å²) >= 11 is 5.88. The molecule has 0 aliphatic carbocycles. The van der Waals surface area contributed by atoms with E-state index in [0.717, 1.165) is 10.9 Å². The average molecular weight is 332 g/mol. The van der Waals surface area contributed by atoms with Gasteiger partial charge in [-0.1, -0.05) is 16.8 Å². The third-order valence-electron chi connectivity index (χ3n) is 2.42. The van der Waals surface area contributed by atoms with Crippen LogP contribution in [0.25, 0.3) is 11.4 Å². The number of aryl methyl sites for hydroxylation is 1. The lowest BCUT2D eigenvalue weighted by atomic mass is 10.2. The lowest BCUT2D eigenvalue weighted by Gasteiger charge is -2.06. The molecule has 0 saturated carbocycles. The second-order valence-electron chi connectivity index (χ2n) is 4.12. The molecule has 0 unspecified atom stereocenters. The summed E-state index contributed by atoms with van der Waals surface area (Å²) in [5.74, 6) is -1.21. The summed E-state index contributed by atoms with van der Waals surface area (Å²) in [7, 11) is -2.06. The molecule has 2 aromatic heterocycles. The first kappa shape index (κ1) is 15.2. The van der Waals surface area contributed by atoms with Gasteiger partial charge in [0.25, 0.3) is 0 Å². The van der Waals surface area contributed by atoms with Gasteiger partial charge in [-0.2, -0.15) is 0 Å². The van der Waals surface area contributed by atoms with Gasteiger partial charge in [-0.3, -0.25) is 4.72 Å². The zero-order valence-electron chi connectivity index (χ0n) is 10.9. The molecule has 0 fully saturated rings. The van der Waals surface area contributed by atoms with Gasteiger partial charge in [0.2, 0.25) is 10.0 Å². The fourth-order valence-electron chi connectivity index (χ4n) is 1.61. The molecular weight excluding hydrogens is 322 g/mol. The van der Waals surface area contributed by atoms with E-state index >= 15 is 0 Å². The minimum absolute atomic E-state index is 0.0396. The second kappa shape index (κ2) is 5.30. The number of sulfonamides is 1. The molecule has 2 N–H and O–H groups in total. The fourth-order valence-corrected chi connectivity index (χ4v) is 2.43. The Morgan fingerprint density at radius 3 is 2.62 bits per heavy atom. The SMILES string of the molecule is Cn1nnc(-c2ccc(NS(C)(=O)=O)c(Cl)n2)c1C(=O)O. The molecule has 0 radical (unpaired) electrons. The van der Waals surface area contributed by atoms with Gasteiger partial charge in [-0.15, -0.1) is 5.10 Å². The van der Waals surface area contributed by atoms with Crippen LogP contribution in [0, 0.1) is 0 Å². The van der Waals surface area contributed by atoms with Crippen molar-refractivity contribution in [2.45, 2.75) is 0 Å². The third kappa shape index (κ3) is 3.28. The first-order valence-corrected chi connectivity index (χ1v) is 7.73. The Balaban J connectivity index is 2.48. The molecule has 0 aliphatic heterocycles. The van der Waals surface area contributed by atoms with Crippen molar-refractivity contribution in [2.75, 3.05) is 11.0 Å². The van der Waals surface area contributed by atoms with Gasteiger partial charge in [0.05, 0.1) is 17.6 Å². The zero-order valence-corrected chi connectivity index (χ0v) is 12.5. The Hall–Kier alpha value is -2.20. The molecule has 0 bridgehead atoms. The van der Waals surface area contributed by atoms with Crippen LogP contribution in [0.15, 0.2) is 12.1 Å². The maximum atomic E-state index is 11.2. The highest BCUT2D eigenvalue weighted by Gasteiger charge is 2.21. The van der Waals surface area contributed by atoms with E-state index in [1.165, 1.54) is 19.2 Å². The van der Waals surface area contributed by atoms with E-state index in [2.05, 4.69) is 20.0 Å². The predicted molar refractivity (Wildman–Crippen MR) is 74.7 cm³/mol. The highest BCUT2D eigenvalue weighted by Crippen LogP contribution is 2.26. The molecular formula is C10H10ClN5O4S. The minimum Gasteiger partial charge on any atom is -0.476 e. The van der Waals surface area contributed by atoms with Crippen molar-refractivity contribution in [3.63, 3.8) is 0 Å². The summed E-state index contributed by atoms with van der Waals surface area (Å²) in [5, 5.41) is 16.3. The number of aromatic carboxylic acids is 1. The molecule has 11 heteroatoms. The number of hydrogen-bond donors (Lipinski definition) is 2. The van der Waals surface area contributed by atoms with E-state index in [1.54, 1.807) is 0 Å². The van der Waals surface area contributed by atoms with Gasteiger partial charge in [0.1, 0.15) is 5.69 Å². The monoisotopic (exact) mass is 331 g/mol. The van der Waals surface area contributed by atoms with E-state index in [9.17, 15) is 13.2 Å². The summed E-state index contributed by atoms with van der Waals surface area (Å²) in [6.07, 6.45) is 0.975. The summed E-state index contributed by atoms with van der Waals surface area (Å²) in [6, 6.07) is 2.77. The Bertz CT molecular complexity index is 817. The van der Waals surface area contributed by atoms with Crippen LogP contribution in [-0.2, 0) is 17.1 Å². The van der Waals surface area contributed by atoms with Gasteiger partial charge in [-0.05, 0) is 12.1 Å². The van der Waals surface area contributed by atoms with Crippen LogP contribution in [0.2, 0.25) is 5.15 Å². The number of aromatic nitrogens is 4. The maximum Gasteiger partial charge on any atom is 0.356 e. The number of carbonyl (C=O) groups is 1. The molecule has 9 nitrogen and oxygen atoms in total.